The van der Waals surface area contributed by atoms with Gasteiger partial charge in [-0.25, -0.2) is 13.8 Å². The van der Waals surface area contributed by atoms with Crippen molar-refractivity contribution in [1.82, 2.24) is 9.88 Å². The van der Waals surface area contributed by atoms with E-state index in [1.165, 1.54) is 24.3 Å². The molecule has 0 aliphatic carbocycles. The van der Waals surface area contributed by atoms with Gasteiger partial charge in [0.1, 0.15) is 11.6 Å². The summed E-state index contributed by atoms with van der Waals surface area (Å²) < 4.78 is 38.2. The van der Waals surface area contributed by atoms with E-state index >= 15 is 0 Å². The summed E-state index contributed by atoms with van der Waals surface area (Å²) in [7, 11) is 0. The van der Waals surface area contributed by atoms with Gasteiger partial charge in [-0.2, -0.15) is 0 Å². The maximum absolute atomic E-state index is 13.7. The number of carbonyl (C=O) groups excluding carboxylic acids is 1. The summed E-state index contributed by atoms with van der Waals surface area (Å²) in [5.41, 5.74) is 0.809. The Labute approximate surface area is 173 Å². The molecule has 156 valence electrons. The van der Waals surface area contributed by atoms with Crippen LogP contribution in [0.3, 0.4) is 0 Å². The zero-order chi connectivity index (χ0) is 20.9. The first kappa shape index (κ1) is 20.1. The third-order valence-electron chi connectivity index (χ3n) is 5.15. The van der Waals surface area contributed by atoms with Gasteiger partial charge >= 0.3 is 0 Å². The van der Waals surface area contributed by atoms with Crippen LogP contribution in [0.4, 0.5) is 8.78 Å². The summed E-state index contributed by atoms with van der Waals surface area (Å²) in [6.07, 6.45) is 3.79. The predicted molar refractivity (Wildman–Crippen MR) is 106 cm³/mol. The van der Waals surface area contributed by atoms with E-state index in [0.29, 0.717) is 31.2 Å². The Morgan fingerprint density at radius 1 is 1.20 bits per heavy atom. The molecule has 1 amide bonds. The molecule has 4 rings (SSSR count). The molecule has 3 aromatic rings. The van der Waals surface area contributed by atoms with E-state index in [9.17, 15) is 13.6 Å². The quantitative estimate of drug-likeness (QED) is 0.605. The summed E-state index contributed by atoms with van der Waals surface area (Å²) in [6.45, 7) is 0.871. The lowest BCUT2D eigenvalue weighted by Crippen LogP contribution is -2.41. The van der Waals surface area contributed by atoms with Crippen molar-refractivity contribution in [3.05, 3.63) is 83.6 Å². The Kier molecular flexibility index (Phi) is 6.07. The van der Waals surface area contributed by atoms with Crippen molar-refractivity contribution in [2.24, 2.45) is 0 Å². The Balaban J connectivity index is 1.35. The number of oxazole rings is 1. The van der Waals surface area contributed by atoms with E-state index in [1.54, 1.807) is 29.3 Å². The lowest BCUT2D eigenvalue weighted by Gasteiger charge is -2.31. The lowest BCUT2D eigenvalue weighted by atomic mass is 9.98. The molecule has 5 nitrogen and oxygen atoms in total. The van der Waals surface area contributed by atoms with Crippen LogP contribution in [0, 0.1) is 11.6 Å². The molecule has 1 aliphatic rings. The molecule has 0 bridgehead atoms. The molecule has 0 N–H and O–H groups in total. The molecule has 2 heterocycles. The zero-order valence-electron chi connectivity index (χ0n) is 16.4. The topological polar surface area (TPSA) is 55.6 Å². The molecule has 7 heteroatoms. The first-order valence-corrected chi connectivity index (χ1v) is 9.92. The van der Waals surface area contributed by atoms with Gasteiger partial charge < -0.3 is 14.1 Å². The molecule has 1 aromatic heterocycles. The van der Waals surface area contributed by atoms with Gasteiger partial charge in [-0.15, -0.1) is 0 Å². The van der Waals surface area contributed by atoms with Gasteiger partial charge in [-0.05, 0) is 42.7 Å². The lowest BCUT2D eigenvalue weighted by molar-refractivity contribution is -0.134. The Morgan fingerprint density at radius 3 is 2.90 bits per heavy atom. The van der Waals surface area contributed by atoms with Crippen LogP contribution in [-0.2, 0) is 11.2 Å². The molecule has 2 aromatic carbocycles. The fourth-order valence-corrected chi connectivity index (χ4v) is 3.64. The van der Waals surface area contributed by atoms with Crippen LogP contribution in [0.25, 0.3) is 0 Å². The number of rotatable bonds is 6. The van der Waals surface area contributed by atoms with Crippen LogP contribution in [0.15, 0.2) is 59.1 Å². The first-order valence-electron chi connectivity index (χ1n) is 9.92. The van der Waals surface area contributed by atoms with Crippen LogP contribution in [0.2, 0.25) is 0 Å². The summed E-state index contributed by atoms with van der Waals surface area (Å²) in [6, 6.07) is 12.4. The van der Waals surface area contributed by atoms with Crippen LogP contribution in [-0.4, -0.2) is 35.5 Å². The number of nitrogens with zero attached hydrogens (tertiary/aromatic N) is 2. The molecule has 0 radical (unpaired) electrons. The first-order chi connectivity index (χ1) is 14.6. The number of piperidine rings is 1. The standard InChI is InChI=1S/C23H22F2N2O3/c24-18-7-3-5-16(11-18)12-19-13-26-23(30-19)17-6-4-10-27(14-17)22(28)15-29-21-9-2-1-8-20(21)25/h1-3,5,7-9,11,13,17H,4,6,10,12,14-15H2. The molecule has 30 heavy (non-hydrogen) atoms. The van der Waals surface area contributed by atoms with Crippen LogP contribution >= 0.6 is 0 Å². The maximum Gasteiger partial charge on any atom is 0.260 e. The highest BCUT2D eigenvalue weighted by Crippen LogP contribution is 2.27. The number of amides is 1. The second kappa shape index (κ2) is 9.07. The number of aromatic nitrogens is 1. The highest BCUT2D eigenvalue weighted by molar-refractivity contribution is 5.78. The smallest absolute Gasteiger partial charge is 0.260 e. The molecule has 1 aliphatic heterocycles. The average molecular weight is 412 g/mol. The molecular formula is C23H22F2N2O3. The van der Waals surface area contributed by atoms with Gasteiger partial charge in [0, 0.05) is 19.5 Å². The summed E-state index contributed by atoms with van der Waals surface area (Å²) in [5.74, 6) is 0.301. The SMILES string of the molecule is O=C(COc1ccccc1F)N1CCCC(c2ncc(Cc3cccc(F)c3)o2)C1. The number of benzene rings is 2. The van der Waals surface area contributed by atoms with Crippen molar-refractivity contribution in [2.75, 3.05) is 19.7 Å². The van der Waals surface area contributed by atoms with Gasteiger partial charge in [0.05, 0.1) is 12.1 Å². The summed E-state index contributed by atoms with van der Waals surface area (Å²) >= 11 is 0. The minimum Gasteiger partial charge on any atom is -0.481 e. The molecular weight excluding hydrogens is 390 g/mol. The van der Waals surface area contributed by atoms with E-state index in [-0.39, 0.29) is 30.0 Å². The number of hydrogen-bond donors (Lipinski definition) is 0. The Morgan fingerprint density at radius 2 is 2.07 bits per heavy atom. The third-order valence-corrected chi connectivity index (χ3v) is 5.15. The number of para-hydroxylation sites is 1. The van der Waals surface area contributed by atoms with E-state index in [0.717, 1.165) is 18.4 Å². The monoisotopic (exact) mass is 412 g/mol. The van der Waals surface area contributed by atoms with Crippen LogP contribution in [0.1, 0.15) is 36.0 Å². The van der Waals surface area contributed by atoms with Crippen molar-refractivity contribution in [1.29, 1.82) is 0 Å². The van der Waals surface area contributed by atoms with E-state index in [4.69, 9.17) is 9.15 Å². The maximum atomic E-state index is 13.7. The predicted octanol–water partition coefficient (Wildman–Crippen LogP) is 4.33. The van der Waals surface area contributed by atoms with Crippen molar-refractivity contribution >= 4 is 5.91 Å². The van der Waals surface area contributed by atoms with Crippen molar-refractivity contribution in [3.8, 4) is 5.75 Å². The van der Waals surface area contributed by atoms with Crippen LogP contribution in [0.5, 0.6) is 5.75 Å². The molecule has 0 saturated carbocycles. The summed E-state index contributed by atoms with van der Waals surface area (Å²) in [5, 5.41) is 0. The van der Waals surface area contributed by atoms with Gasteiger partial charge in [-0.3, -0.25) is 4.79 Å². The zero-order valence-corrected chi connectivity index (χ0v) is 16.4. The van der Waals surface area contributed by atoms with Crippen molar-refractivity contribution in [2.45, 2.75) is 25.2 Å². The van der Waals surface area contributed by atoms with Gasteiger partial charge in [0.15, 0.2) is 24.1 Å². The molecule has 1 fully saturated rings. The molecule has 0 spiro atoms. The second-order valence-electron chi connectivity index (χ2n) is 7.37. The number of carbonyl (C=O) groups is 1. The molecule has 1 atom stereocenters. The second-order valence-corrected chi connectivity index (χ2v) is 7.37. The third kappa shape index (κ3) is 4.84. The number of hydrogen-bond acceptors (Lipinski definition) is 4. The van der Waals surface area contributed by atoms with Gasteiger partial charge in [0.25, 0.3) is 5.91 Å². The van der Waals surface area contributed by atoms with Crippen molar-refractivity contribution in [3.63, 3.8) is 0 Å². The average Bonchev–Trinajstić information content (AvgIpc) is 3.21. The number of likely N-dealkylation sites (tertiary alicyclic amines) is 1. The fourth-order valence-electron chi connectivity index (χ4n) is 3.64. The highest BCUT2D eigenvalue weighted by atomic mass is 19.1. The Hall–Kier alpha value is -3.22. The summed E-state index contributed by atoms with van der Waals surface area (Å²) in [4.78, 5) is 18.6. The normalized spacial score (nSPS) is 16.5. The van der Waals surface area contributed by atoms with E-state index in [1.807, 2.05) is 6.07 Å². The minimum atomic E-state index is -0.493. The molecule has 1 saturated heterocycles. The Bertz CT molecular complexity index is 1020. The van der Waals surface area contributed by atoms with E-state index in [2.05, 4.69) is 4.98 Å². The van der Waals surface area contributed by atoms with Crippen molar-refractivity contribution < 1.29 is 22.7 Å². The minimum absolute atomic E-state index is 0.0163. The van der Waals surface area contributed by atoms with E-state index < -0.39 is 5.82 Å². The van der Waals surface area contributed by atoms with Crippen LogP contribution < -0.4 is 4.74 Å². The largest absolute Gasteiger partial charge is 0.481 e. The molecule has 1 unspecified atom stereocenters. The number of halogens is 2. The number of ether oxygens (including phenoxy) is 1. The van der Waals surface area contributed by atoms with Gasteiger partial charge in [0.2, 0.25) is 0 Å². The fraction of sp³-hybridized carbons (Fsp3) is 0.304. The highest BCUT2D eigenvalue weighted by Gasteiger charge is 2.28. The van der Waals surface area contributed by atoms with Gasteiger partial charge in [-0.1, -0.05) is 24.3 Å².